The van der Waals surface area contributed by atoms with E-state index in [1.807, 2.05) is 0 Å². The zero-order chi connectivity index (χ0) is 14.2. The summed E-state index contributed by atoms with van der Waals surface area (Å²) in [6.45, 7) is 0. The van der Waals surface area contributed by atoms with Crippen molar-refractivity contribution in [3.05, 3.63) is 22.7 Å². The van der Waals surface area contributed by atoms with Gasteiger partial charge in [-0.1, -0.05) is 0 Å². The van der Waals surface area contributed by atoms with Gasteiger partial charge in [0.05, 0.1) is 6.10 Å². The zero-order valence-electron chi connectivity index (χ0n) is 9.62. The molecule has 1 unspecified atom stereocenters. The van der Waals surface area contributed by atoms with Crippen LogP contribution in [0.1, 0.15) is 12.6 Å². The van der Waals surface area contributed by atoms with Crippen molar-refractivity contribution < 1.29 is 24.1 Å². The fourth-order valence-electron chi connectivity index (χ4n) is 1.88. The maximum absolute atomic E-state index is 11.6. The first kappa shape index (κ1) is 13.9. The van der Waals surface area contributed by atoms with Crippen molar-refractivity contribution in [1.82, 2.24) is 9.55 Å². The molecule has 4 atom stereocenters. The van der Waals surface area contributed by atoms with E-state index in [0.717, 1.165) is 4.57 Å². The van der Waals surface area contributed by atoms with Crippen molar-refractivity contribution in [2.24, 2.45) is 0 Å². The van der Waals surface area contributed by atoms with Crippen LogP contribution in [0.5, 0.6) is 0 Å². The lowest BCUT2D eigenvalue weighted by atomic mass is 10.2. The van der Waals surface area contributed by atoms with Crippen LogP contribution in [0.2, 0.25) is 0 Å². The van der Waals surface area contributed by atoms with Crippen LogP contribution in [0.3, 0.4) is 0 Å². The molecule has 10 heteroatoms. The molecular weight excluding hydrogens is 277 g/mol. The van der Waals surface area contributed by atoms with Crippen molar-refractivity contribution in [2.75, 3.05) is 5.73 Å². The van der Waals surface area contributed by atoms with E-state index < -0.39 is 37.7 Å². The number of ether oxygens (including phenoxy) is 1. The summed E-state index contributed by atoms with van der Waals surface area (Å²) in [7, 11) is -3.15. The molecule has 1 aromatic heterocycles. The van der Waals surface area contributed by atoms with E-state index >= 15 is 0 Å². The highest BCUT2D eigenvalue weighted by Gasteiger charge is 2.42. The number of hydrogen-bond donors (Lipinski definition) is 3. The molecule has 0 spiro atoms. The Labute approximate surface area is 107 Å². The van der Waals surface area contributed by atoms with Gasteiger partial charge in [-0.2, -0.15) is 4.98 Å². The number of rotatable bonds is 3. The highest BCUT2D eigenvalue weighted by molar-refractivity contribution is 7.31. The minimum atomic E-state index is -3.15. The van der Waals surface area contributed by atoms with Crippen molar-refractivity contribution in [3.8, 4) is 0 Å². The summed E-state index contributed by atoms with van der Waals surface area (Å²) in [6, 6.07) is 1.37. The molecule has 2 heterocycles. The predicted molar refractivity (Wildman–Crippen MR) is 61.7 cm³/mol. The van der Waals surface area contributed by atoms with E-state index in [9.17, 15) is 24.1 Å². The largest absolute Gasteiger partial charge is 0.390 e. The van der Waals surface area contributed by atoms with Gasteiger partial charge < -0.3 is 20.7 Å². The number of nitrogens with two attached hydrogens (primary N) is 1. The Balaban J connectivity index is 2.23. The number of nitrogens with zero attached hydrogens (tertiary/aromatic N) is 2. The lowest BCUT2D eigenvalue weighted by Crippen LogP contribution is -2.31. The maximum Gasteiger partial charge on any atom is 0.351 e. The molecule has 4 N–H and O–H groups in total. The maximum atomic E-state index is 11.6. The predicted octanol–water partition coefficient (Wildman–Crippen LogP) is -1.03. The fourth-order valence-corrected chi connectivity index (χ4v) is 2.39. The van der Waals surface area contributed by atoms with Crippen molar-refractivity contribution in [1.29, 1.82) is 0 Å². The lowest BCUT2D eigenvalue weighted by Gasteiger charge is -2.16. The monoisotopic (exact) mass is 289 g/mol. The number of anilines is 1. The smallest absolute Gasteiger partial charge is 0.351 e. The van der Waals surface area contributed by atoms with Gasteiger partial charge in [-0.3, -0.25) is 4.57 Å². The molecule has 104 valence electrons. The third-order valence-electron chi connectivity index (χ3n) is 2.81. The summed E-state index contributed by atoms with van der Waals surface area (Å²) in [6.07, 6.45) is -2.09. The SMILES string of the molecule is Nc1ccn([C@H]2C[C@H](O)[C@@H](C(O)P(=O)=O)O2)c(=O)n1. The minimum Gasteiger partial charge on any atom is -0.390 e. The van der Waals surface area contributed by atoms with E-state index in [1.165, 1.54) is 12.3 Å². The number of aliphatic hydroxyl groups excluding tert-OH is 2. The molecule has 0 saturated carbocycles. The second-order valence-corrected chi connectivity index (χ2v) is 5.20. The minimum absolute atomic E-state index is 0.0313. The summed E-state index contributed by atoms with van der Waals surface area (Å²) < 4.78 is 27.6. The Morgan fingerprint density at radius 1 is 1.58 bits per heavy atom. The summed E-state index contributed by atoms with van der Waals surface area (Å²) in [5.74, 6) is -1.79. The van der Waals surface area contributed by atoms with Crippen LogP contribution in [0, 0.1) is 0 Å². The van der Waals surface area contributed by atoms with Crippen molar-refractivity contribution in [2.45, 2.75) is 30.7 Å². The molecule has 0 radical (unpaired) electrons. The second kappa shape index (κ2) is 5.22. The first-order valence-electron chi connectivity index (χ1n) is 5.40. The van der Waals surface area contributed by atoms with Crippen LogP contribution in [-0.2, 0) is 13.9 Å². The van der Waals surface area contributed by atoms with Crippen LogP contribution in [0.4, 0.5) is 5.82 Å². The number of hydrogen-bond acceptors (Lipinski definition) is 8. The van der Waals surface area contributed by atoms with E-state index in [2.05, 4.69) is 4.98 Å². The standard InChI is InChI=1S/C9H12N3O6P/c10-5-1-2-12(9(15)11-5)6-3-4(13)7(18-6)8(14)19(16)17/h1-2,4,6-8,13-14H,3H2,(H2,10,11,15)/t4-,6+,7-,8?/m0/s1. The van der Waals surface area contributed by atoms with E-state index in [-0.39, 0.29) is 12.2 Å². The third-order valence-corrected chi connectivity index (χ3v) is 3.53. The highest BCUT2D eigenvalue weighted by atomic mass is 31.1. The van der Waals surface area contributed by atoms with Crippen LogP contribution < -0.4 is 11.4 Å². The van der Waals surface area contributed by atoms with Crippen LogP contribution >= 0.6 is 7.68 Å². The lowest BCUT2D eigenvalue weighted by molar-refractivity contribution is -0.0591. The van der Waals surface area contributed by atoms with E-state index in [1.54, 1.807) is 0 Å². The van der Waals surface area contributed by atoms with Gasteiger partial charge in [-0.15, -0.1) is 0 Å². The molecule has 0 bridgehead atoms. The Morgan fingerprint density at radius 2 is 2.26 bits per heavy atom. The highest BCUT2D eigenvalue weighted by Crippen LogP contribution is 2.33. The van der Waals surface area contributed by atoms with Crippen LogP contribution in [-0.4, -0.2) is 37.8 Å². The summed E-state index contributed by atoms with van der Waals surface area (Å²) in [4.78, 5) is 15.1. The summed E-state index contributed by atoms with van der Waals surface area (Å²) in [5, 5.41) is 19.0. The van der Waals surface area contributed by atoms with E-state index in [0.29, 0.717) is 0 Å². The van der Waals surface area contributed by atoms with E-state index in [4.69, 9.17) is 10.5 Å². The number of nitrogen functional groups attached to an aromatic ring is 1. The van der Waals surface area contributed by atoms with Gasteiger partial charge in [-0.25, -0.2) is 13.9 Å². The normalized spacial score (nSPS) is 28.2. The molecule has 2 rings (SSSR count). The Hall–Kier alpha value is -1.54. The molecule has 19 heavy (non-hydrogen) atoms. The van der Waals surface area contributed by atoms with Gasteiger partial charge in [0.1, 0.15) is 18.1 Å². The van der Waals surface area contributed by atoms with Gasteiger partial charge in [0.2, 0.25) is 0 Å². The average molecular weight is 289 g/mol. The molecule has 0 aromatic carbocycles. The first-order chi connectivity index (χ1) is 8.90. The molecule has 1 aliphatic rings. The molecule has 1 aromatic rings. The molecule has 1 fully saturated rings. The molecule has 9 nitrogen and oxygen atoms in total. The van der Waals surface area contributed by atoms with Crippen LogP contribution in [0.15, 0.2) is 17.1 Å². The molecule has 1 aliphatic heterocycles. The second-order valence-electron chi connectivity index (χ2n) is 4.10. The van der Waals surface area contributed by atoms with Gasteiger partial charge in [-0.05, 0) is 6.07 Å². The number of aromatic nitrogens is 2. The zero-order valence-corrected chi connectivity index (χ0v) is 10.5. The fraction of sp³-hybridized carbons (Fsp3) is 0.556. The Bertz CT molecular complexity index is 592. The van der Waals surface area contributed by atoms with Crippen LogP contribution in [0.25, 0.3) is 0 Å². The average Bonchev–Trinajstić information content (AvgIpc) is 2.69. The van der Waals surface area contributed by atoms with Gasteiger partial charge in [0.15, 0.2) is 5.85 Å². The quantitative estimate of drug-likeness (QED) is 0.598. The Morgan fingerprint density at radius 3 is 2.84 bits per heavy atom. The third kappa shape index (κ3) is 2.74. The molecule has 0 amide bonds. The topological polar surface area (TPSA) is 145 Å². The van der Waals surface area contributed by atoms with Crippen molar-refractivity contribution in [3.63, 3.8) is 0 Å². The summed E-state index contributed by atoms with van der Waals surface area (Å²) >= 11 is 0. The van der Waals surface area contributed by atoms with Crippen molar-refractivity contribution >= 4 is 13.5 Å². The van der Waals surface area contributed by atoms with Gasteiger partial charge in [0, 0.05) is 12.6 Å². The molecule has 1 saturated heterocycles. The van der Waals surface area contributed by atoms with Gasteiger partial charge >= 0.3 is 13.4 Å². The van der Waals surface area contributed by atoms with Gasteiger partial charge in [0.25, 0.3) is 0 Å². The molecular formula is C9H12N3O6P. The summed E-state index contributed by atoms with van der Waals surface area (Å²) in [5.41, 5.74) is 4.65. The Kier molecular flexibility index (Phi) is 3.81. The molecule has 0 aliphatic carbocycles. The number of aliphatic hydroxyl groups is 2. The first-order valence-corrected chi connectivity index (χ1v) is 6.64.